The summed E-state index contributed by atoms with van der Waals surface area (Å²) in [6.45, 7) is 14.0. The number of nitrogens with zero attached hydrogens (tertiary/aromatic N) is 3. The molecule has 2 aliphatic heterocycles. The largest absolute Gasteiger partial charge is 0.487 e. The van der Waals surface area contributed by atoms with Gasteiger partial charge in [-0.3, -0.25) is 9.88 Å². The van der Waals surface area contributed by atoms with E-state index in [-0.39, 0.29) is 0 Å². The van der Waals surface area contributed by atoms with Crippen LogP contribution in [0.5, 0.6) is 5.75 Å². The lowest BCUT2D eigenvalue weighted by Gasteiger charge is -2.30. The normalized spacial score (nSPS) is 18.6. The van der Waals surface area contributed by atoms with Crippen LogP contribution in [0.25, 0.3) is 5.57 Å². The maximum atomic E-state index is 10.7. The summed E-state index contributed by atoms with van der Waals surface area (Å²) >= 11 is 6.13. The number of halogens is 1. The summed E-state index contributed by atoms with van der Waals surface area (Å²) in [7, 11) is 0. The van der Waals surface area contributed by atoms with Gasteiger partial charge in [0.1, 0.15) is 12.4 Å². The third-order valence-electron chi connectivity index (χ3n) is 7.98. The van der Waals surface area contributed by atoms with E-state index in [0.29, 0.717) is 18.6 Å². The Morgan fingerprint density at radius 2 is 1.95 bits per heavy atom. The highest BCUT2D eigenvalue weighted by Gasteiger charge is 2.28. The van der Waals surface area contributed by atoms with Gasteiger partial charge in [0.25, 0.3) is 0 Å². The van der Waals surface area contributed by atoms with Crippen LogP contribution < -0.4 is 4.74 Å². The number of pyridine rings is 1. The summed E-state index contributed by atoms with van der Waals surface area (Å²) in [6, 6.07) is 19.0. The summed E-state index contributed by atoms with van der Waals surface area (Å²) in [4.78, 5) is 9.88. The van der Waals surface area contributed by atoms with Gasteiger partial charge in [-0.25, -0.2) is 0 Å². The number of rotatable bonds is 9. The lowest BCUT2D eigenvalue weighted by Crippen LogP contribution is -2.39. The van der Waals surface area contributed by atoms with E-state index in [1.54, 1.807) is 0 Å². The van der Waals surface area contributed by atoms with Crippen LogP contribution in [0.15, 0.2) is 66.9 Å². The van der Waals surface area contributed by atoms with E-state index in [1.165, 1.54) is 12.0 Å². The average Bonchev–Trinajstić information content (AvgIpc) is 3.33. The monoisotopic (exact) mass is 559 g/mol. The molecule has 3 aromatic rings. The zero-order valence-corrected chi connectivity index (χ0v) is 25.0. The lowest BCUT2D eigenvalue weighted by atomic mass is 9.90. The zero-order valence-electron chi connectivity index (χ0n) is 24.2. The molecule has 0 amide bonds. The molecule has 2 aromatic carbocycles. The van der Waals surface area contributed by atoms with Crippen LogP contribution in [0.1, 0.15) is 68.5 Å². The molecule has 0 spiro atoms. The molecule has 5 nitrogen and oxygen atoms in total. The highest BCUT2D eigenvalue weighted by atomic mass is 35.5. The molecule has 0 bridgehead atoms. The fourth-order valence-corrected chi connectivity index (χ4v) is 6.02. The third-order valence-corrected chi connectivity index (χ3v) is 8.23. The predicted octanol–water partition coefficient (Wildman–Crippen LogP) is 6.91. The molecule has 5 rings (SSSR count). The molecule has 0 saturated carbocycles. The van der Waals surface area contributed by atoms with Gasteiger partial charge in [0.05, 0.1) is 11.3 Å². The van der Waals surface area contributed by atoms with E-state index < -0.39 is 5.60 Å². The maximum Gasteiger partial charge on any atom is 0.131 e. The molecule has 40 heavy (non-hydrogen) atoms. The molecule has 1 fully saturated rings. The Bertz CT molecular complexity index is 1330. The SMILES string of the molecule is CC(C)CN(Cc1ccc(Cl)cc1)[C@@H]1CCN(CC/C=C2/c3cc(C(C)(C)O)ccc3OCc3ncccc32)C1. The number of fused-ring (bicyclic) bond motifs is 2. The van der Waals surface area contributed by atoms with Gasteiger partial charge in [0.2, 0.25) is 0 Å². The number of aliphatic hydroxyl groups is 1. The van der Waals surface area contributed by atoms with Crippen molar-refractivity contribution in [3.8, 4) is 5.75 Å². The minimum atomic E-state index is -0.928. The van der Waals surface area contributed by atoms with Gasteiger partial charge in [-0.2, -0.15) is 0 Å². The van der Waals surface area contributed by atoms with E-state index in [1.807, 2.05) is 50.4 Å². The van der Waals surface area contributed by atoms with Gasteiger partial charge in [0.15, 0.2) is 0 Å². The summed E-state index contributed by atoms with van der Waals surface area (Å²) < 4.78 is 6.17. The molecular weight excluding hydrogens is 518 g/mol. The van der Waals surface area contributed by atoms with E-state index in [9.17, 15) is 5.11 Å². The molecule has 2 aliphatic rings. The lowest BCUT2D eigenvalue weighted by molar-refractivity contribution is 0.0785. The summed E-state index contributed by atoms with van der Waals surface area (Å²) in [5.74, 6) is 1.45. The van der Waals surface area contributed by atoms with Gasteiger partial charge in [-0.05, 0) is 86.2 Å². The Balaban J connectivity index is 1.32. The number of hydrogen-bond acceptors (Lipinski definition) is 5. The first kappa shape index (κ1) is 28.8. The predicted molar refractivity (Wildman–Crippen MR) is 163 cm³/mol. The van der Waals surface area contributed by atoms with Crippen LogP contribution in [0.4, 0.5) is 0 Å². The first-order chi connectivity index (χ1) is 19.2. The van der Waals surface area contributed by atoms with Crippen LogP contribution in [-0.4, -0.2) is 52.1 Å². The minimum absolute atomic E-state index is 0.440. The second kappa shape index (κ2) is 12.4. The van der Waals surface area contributed by atoms with E-state index in [2.05, 4.69) is 59.0 Å². The number of hydrogen-bond donors (Lipinski definition) is 1. The zero-order chi connectivity index (χ0) is 28.3. The summed E-state index contributed by atoms with van der Waals surface area (Å²) in [5.41, 5.74) is 5.49. The van der Waals surface area contributed by atoms with Crippen molar-refractivity contribution in [2.45, 2.75) is 65.3 Å². The van der Waals surface area contributed by atoms with E-state index >= 15 is 0 Å². The molecule has 0 unspecified atom stereocenters. The molecular formula is C34H42ClN3O2. The van der Waals surface area contributed by atoms with Gasteiger partial charge in [0, 0.05) is 54.6 Å². The highest BCUT2D eigenvalue weighted by molar-refractivity contribution is 6.30. The van der Waals surface area contributed by atoms with Gasteiger partial charge < -0.3 is 14.7 Å². The topological polar surface area (TPSA) is 48.8 Å². The smallest absolute Gasteiger partial charge is 0.131 e. The second-order valence-electron chi connectivity index (χ2n) is 12.2. The number of likely N-dealkylation sites (tertiary alicyclic amines) is 1. The van der Waals surface area contributed by atoms with Crippen molar-refractivity contribution < 1.29 is 9.84 Å². The Morgan fingerprint density at radius 3 is 2.70 bits per heavy atom. The second-order valence-corrected chi connectivity index (χ2v) is 12.6. The number of aromatic nitrogens is 1. The van der Waals surface area contributed by atoms with Crippen molar-refractivity contribution in [3.05, 3.63) is 99.8 Å². The van der Waals surface area contributed by atoms with Crippen LogP contribution in [0, 0.1) is 5.92 Å². The first-order valence-corrected chi connectivity index (χ1v) is 14.9. The Hall–Kier alpha value is -2.70. The number of ether oxygens (including phenoxy) is 1. The van der Waals surface area contributed by atoms with Crippen LogP contribution in [-0.2, 0) is 18.8 Å². The molecule has 6 heteroatoms. The Kier molecular flexibility index (Phi) is 8.96. The van der Waals surface area contributed by atoms with Crippen molar-refractivity contribution in [2.24, 2.45) is 5.92 Å². The average molecular weight is 560 g/mol. The standard InChI is InChI=1S/C34H42ClN3O2/c1-24(2)20-38(21-25-9-12-27(35)13-10-25)28-15-18-37(22-28)17-6-8-29-30-7-5-16-36-32(30)23-40-33-14-11-26(19-31(29)33)34(3,4)39/h5,7-14,16,19,24,28,39H,6,15,17-18,20-23H2,1-4H3/b29-8+/t28-/m1/s1. The molecule has 0 radical (unpaired) electrons. The van der Waals surface area contributed by atoms with E-state index in [0.717, 1.165) is 77.9 Å². The first-order valence-electron chi connectivity index (χ1n) is 14.5. The summed E-state index contributed by atoms with van der Waals surface area (Å²) in [6.07, 6.45) is 6.30. The molecule has 1 atom stereocenters. The van der Waals surface area contributed by atoms with Gasteiger partial charge >= 0.3 is 0 Å². The molecule has 0 aliphatic carbocycles. The van der Waals surface area contributed by atoms with Crippen molar-refractivity contribution in [1.29, 1.82) is 0 Å². The van der Waals surface area contributed by atoms with Gasteiger partial charge in [-0.15, -0.1) is 0 Å². The quantitative estimate of drug-likeness (QED) is 0.309. The van der Waals surface area contributed by atoms with Gasteiger partial charge in [-0.1, -0.05) is 55.8 Å². The minimum Gasteiger partial charge on any atom is -0.487 e. The molecule has 1 N–H and O–H groups in total. The van der Waals surface area contributed by atoms with Crippen LogP contribution in [0.2, 0.25) is 5.02 Å². The van der Waals surface area contributed by atoms with Crippen LogP contribution >= 0.6 is 11.6 Å². The molecule has 3 heterocycles. The Labute approximate surface area is 244 Å². The highest BCUT2D eigenvalue weighted by Crippen LogP contribution is 2.38. The van der Waals surface area contributed by atoms with E-state index in [4.69, 9.17) is 16.3 Å². The maximum absolute atomic E-state index is 10.7. The fraction of sp³-hybridized carbons (Fsp3) is 0.441. The molecule has 1 aromatic heterocycles. The molecule has 1 saturated heterocycles. The van der Waals surface area contributed by atoms with Crippen molar-refractivity contribution >= 4 is 17.2 Å². The van der Waals surface area contributed by atoms with Crippen LogP contribution in [0.3, 0.4) is 0 Å². The van der Waals surface area contributed by atoms with Crippen molar-refractivity contribution in [3.63, 3.8) is 0 Å². The molecule has 212 valence electrons. The van der Waals surface area contributed by atoms with Crippen molar-refractivity contribution in [2.75, 3.05) is 26.2 Å². The fourth-order valence-electron chi connectivity index (χ4n) is 5.90. The third kappa shape index (κ3) is 6.95. The Morgan fingerprint density at radius 1 is 1.15 bits per heavy atom. The summed E-state index contributed by atoms with van der Waals surface area (Å²) in [5, 5.41) is 11.5. The number of benzene rings is 2. The van der Waals surface area contributed by atoms with Crippen molar-refractivity contribution in [1.82, 2.24) is 14.8 Å².